The number of hydrogen-bond donors (Lipinski definition) is 4. The number of alkyl halides is 1. The molecule has 4 fully saturated rings. The van der Waals surface area contributed by atoms with Crippen molar-refractivity contribution in [3.63, 3.8) is 0 Å². The van der Waals surface area contributed by atoms with Gasteiger partial charge in [0.2, 0.25) is 0 Å². The molecule has 16 heteroatoms. The van der Waals surface area contributed by atoms with Gasteiger partial charge in [-0.3, -0.25) is 9.80 Å². The lowest BCUT2D eigenvalue weighted by atomic mass is 9.90. The molecule has 0 radical (unpaired) electrons. The Morgan fingerprint density at radius 2 is 1.85 bits per heavy atom. The first-order valence-electron chi connectivity index (χ1n) is 18.1. The highest BCUT2D eigenvalue weighted by molar-refractivity contribution is 7.23. The second-order valence-electron chi connectivity index (χ2n) is 15.1. The summed E-state index contributed by atoms with van der Waals surface area (Å²) in [5.74, 6) is -1.04. The van der Waals surface area contributed by atoms with Crippen molar-refractivity contribution in [3.8, 4) is 23.2 Å². The van der Waals surface area contributed by atoms with Crippen molar-refractivity contribution in [2.45, 2.75) is 81.3 Å². The average molecular weight is 752 g/mol. The molecule has 0 saturated carbocycles. The molecule has 0 amide bonds. The number of halogens is 3. The van der Waals surface area contributed by atoms with Crippen LogP contribution in [0.4, 0.5) is 24.0 Å². The van der Waals surface area contributed by atoms with Crippen molar-refractivity contribution < 1.29 is 38.0 Å². The molecule has 7 heterocycles. The summed E-state index contributed by atoms with van der Waals surface area (Å²) >= 11 is 1.13. The molecule has 2 aromatic heterocycles. The van der Waals surface area contributed by atoms with Gasteiger partial charge in [-0.05, 0) is 55.5 Å². The van der Waals surface area contributed by atoms with Crippen LogP contribution in [0.3, 0.4) is 0 Å². The Balaban J connectivity index is 1.21. The molecule has 0 spiro atoms. The molecule has 12 nitrogen and oxygen atoms in total. The number of benzene rings is 2. The van der Waals surface area contributed by atoms with E-state index in [1.165, 1.54) is 12.1 Å². The number of aliphatic hydroxyl groups is 3. The summed E-state index contributed by atoms with van der Waals surface area (Å²) in [7, 11) is 0. The number of nitriles is 1. The van der Waals surface area contributed by atoms with Crippen molar-refractivity contribution in [2.75, 3.05) is 56.6 Å². The first-order chi connectivity index (χ1) is 25.6. The number of nitrogens with two attached hydrogens (primary N) is 1. The topological polar surface area (TPSA) is 164 Å². The fourth-order valence-electron chi connectivity index (χ4n) is 9.68. The maximum absolute atomic E-state index is 17.6. The van der Waals surface area contributed by atoms with Crippen molar-refractivity contribution in [3.05, 3.63) is 40.5 Å². The highest BCUT2D eigenvalue weighted by atomic mass is 32.1. The van der Waals surface area contributed by atoms with Crippen molar-refractivity contribution >= 4 is 43.1 Å². The second kappa shape index (κ2) is 13.2. The molecule has 2 bridgehead atoms. The Morgan fingerprint density at radius 1 is 1.08 bits per heavy atom. The fourth-order valence-corrected chi connectivity index (χ4v) is 10.6. The normalized spacial score (nSPS) is 26.7. The van der Waals surface area contributed by atoms with E-state index >= 15 is 8.78 Å². The van der Waals surface area contributed by atoms with E-state index < -0.39 is 42.2 Å². The number of nitrogens with zero attached hydrogens (tertiary/aromatic N) is 6. The number of β-amino-alcohol motifs (C(OH)–C–C–N with tert-alkyl or cyclic N) is 1. The van der Waals surface area contributed by atoms with E-state index in [1.807, 2.05) is 0 Å². The van der Waals surface area contributed by atoms with E-state index in [0.717, 1.165) is 43.6 Å². The van der Waals surface area contributed by atoms with Crippen LogP contribution >= 0.6 is 11.3 Å². The Hall–Kier alpha value is -3.82. The van der Waals surface area contributed by atoms with Crippen LogP contribution in [0.5, 0.6) is 6.01 Å². The van der Waals surface area contributed by atoms with E-state index in [1.54, 1.807) is 0 Å². The second-order valence-corrected chi connectivity index (χ2v) is 16.2. The molecule has 2 unspecified atom stereocenters. The lowest BCUT2D eigenvalue weighted by molar-refractivity contribution is -0.0317. The molecule has 5 aliphatic heterocycles. The number of thiophene rings is 1. The van der Waals surface area contributed by atoms with E-state index in [9.17, 15) is 25.0 Å². The first kappa shape index (κ1) is 34.9. The van der Waals surface area contributed by atoms with Gasteiger partial charge in [-0.25, -0.2) is 13.2 Å². The minimum atomic E-state index is -1.26. The van der Waals surface area contributed by atoms with Gasteiger partial charge < -0.3 is 35.4 Å². The predicted molar refractivity (Wildman–Crippen MR) is 191 cm³/mol. The Kier molecular flexibility index (Phi) is 8.69. The summed E-state index contributed by atoms with van der Waals surface area (Å²) in [5.41, 5.74) is 6.64. The smallest absolute Gasteiger partial charge is 0.319 e. The monoisotopic (exact) mass is 751 g/mol. The molecule has 53 heavy (non-hydrogen) atoms. The molecular weight excluding hydrogens is 712 g/mol. The zero-order chi connectivity index (χ0) is 36.8. The van der Waals surface area contributed by atoms with Crippen LogP contribution in [0, 0.1) is 23.0 Å². The highest BCUT2D eigenvalue weighted by Gasteiger charge is 2.50. The third kappa shape index (κ3) is 5.54. The van der Waals surface area contributed by atoms with E-state index in [4.69, 9.17) is 20.2 Å². The summed E-state index contributed by atoms with van der Waals surface area (Å²) in [6, 6.07) is 4.61. The van der Waals surface area contributed by atoms with Crippen molar-refractivity contribution in [2.24, 2.45) is 0 Å². The van der Waals surface area contributed by atoms with E-state index in [0.29, 0.717) is 53.1 Å². The number of aliphatic hydroxyl groups excluding tert-OH is 3. The van der Waals surface area contributed by atoms with Crippen LogP contribution < -0.4 is 15.4 Å². The molecule has 4 aromatic rings. The molecule has 6 atom stereocenters. The summed E-state index contributed by atoms with van der Waals surface area (Å²) in [6.45, 7) is 1.99. The van der Waals surface area contributed by atoms with Crippen LogP contribution in [0.15, 0.2) is 12.1 Å². The predicted octanol–water partition coefficient (Wildman–Crippen LogP) is 3.60. The molecule has 2 aromatic carbocycles. The van der Waals surface area contributed by atoms with Crippen molar-refractivity contribution in [1.29, 1.82) is 5.26 Å². The molecule has 280 valence electrons. The van der Waals surface area contributed by atoms with Gasteiger partial charge in [-0.15, -0.1) is 11.3 Å². The van der Waals surface area contributed by atoms with E-state index in [2.05, 4.69) is 25.8 Å². The van der Waals surface area contributed by atoms with Crippen LogP contribution in [0.25, 0.3) is 32.1 Å². The van der Waals surface area contributed by atoms with Gasteiger partial charge in [0.15, 0.2) is 5.82 Å². The number of aromatic nitrogens is 2. The number of anilines is 2. The summed E-state index contributed by atoms with van der Waals surface area (Å²) in [4.78, 5) is 16.0. The van der Waals surface area contributed by atoms with Gasteiger partial charge in [0.1, 0.15) is 47.1 Å². The number of hydrogen-bond acceptors (Lipinski definition) is 13. The zero-order valence-corrected chi connectivity index (χ0v) is 29.7. The molecule has 0 aliphatic carbocycles. The van der Waals surface area contributed by atoms with Crippen LogP contribution in [-0.4, -0.2) is 117 Å². The summed E-state index contributed by atoms with van der Waals surface area (Å²) in [5, 5.41) is 40.8. The third-order valence-corrected chi connectivity index (χ3v) is 13.0. The summed E-state index contributed by atoms with van der Waals surface area (Å²) < 4.78 is 61.2. The standard InChI is InChI=1S/C37H40F3N7O5S/c38-18-8-37(6-1-7-46(37)10-18)17-52-36-43-33-30(35(44-36)47-19-2-3-20(47)12-45(11-19)13-25(49)26(50)14-48)23-16-51-15-22(23)29(32(33)40)31-24(39)4-5-27-28(31)21(9-41)34(42)53-27/h4-5,18-20,25-26,48-50H,1-3,6-8,10-17,42H2/t18-,19?,20?,25-,26-,37+/m1/s1. The number of piperazine rings is 1. The van der Waals surface area contributed by atoms with Crippen LogP contribution in [-0.2, 0) is 18.0 Å². The van der Waals surface area contributed by atoms with Gasteiger partial charge in [0.05, 0.1) is 42.4 Å². The van der Waals surface area contributed by atoms with Gasteiger partial charge in [-0.1, -0.05) is 0 Å². The number of rotatable bonds is 9. The quantitative estimate of drug-likeness (QED) is 0.197. The molecule has 5 N–H and O–H groups in total. The van der Waals surface area contributed by atoms with Crippen LogP contribution in [0.1, 0.15) is 48.8 Å². The number of fused-ring (bicyclic) bond motifs is 7. The number of ether oxygens (including phenoxy) is 2. The Morgan fingerprint density at radius 3 is 2.60 bits per heavy atom. The molecule has 9 rings (SSSR count). The van der Waals surface area contributed by atoms with Gasteiger partial charge in [0.25, 0.3) is 0 Å². The lowest BCUT2D eigenvalue weighted by Crippen LogP contribution is -2.56. The van der Waals surface area contributed by atoms with Gasteiger partial charge in [-0.2, -0.15) is 15.2 Å². The minimum Gasteiger partial charge on any atom is -0.461 e. The summed E-state index contributed by atoms with van der Waals surface area (Å²) in [6.07, 6.45) is 0.224. The van der Waals surface area contributed by atoms with Crippen LogP contribution in [0.2, 0.25) is 0 Å². The van der Waals surface area contributed by atoms with E-state index in [-0.39, 0.29) is 77.1 Å². The number of likely N-dealkylation sites (tertiary alicyclic amines) is 1. The van der Waals surface area contributed by atoms with Gasteiger partial charge in [0, 0.05) is 65.9 Å². The average Bonchev–Trinajstić information content (AvgIpc) is 3.95. The maximum Gasteiger partial charge on any atom is 0.319 e. The fraction of sp³-hybridized carbons (Fsp3) is 0.541. The Bertz CT molecular complexity index is 2150. The SMILES string of the molecule is N#Cc1c(N)sc2ccc(F)c(-c3c4c(c5c(N6C7CCC6CN(C[C@@H](O)[C@H](O)CO)C7)nc(OC[C@@]67CCCN6C[C@H](F)C7)nc5c3F)COC4)c12. The van der Waals surface area contributed by atoms with Crippen molar-refractivity contribution in [1.82, 2.24) is 19.8 Å². The first-order valence-corrected chi connectivity index (χ1v) is 19.0. The van der Waals surface area contributed by atoms with Gasteiger partial charge >= 0.3 is 6.01 Å². The maximum atomic E-state index is 17.6. The lowest BCUT2D eigenvalue weighted by Gasteiger charge is -2.43. The molecule has 4 saturated heterocycles. The minimum absolute atomic E-state index is 0.00100. The highest BCUT2D eigenvalue weighted by Crippen LogP contribution is 2.49. The molecular formula is C37H40F3N7O5S. The zero-order valence-electron chi connectivity index (χ0n) is 28.9. The third-order valence-electron chi connectivity index (χ3n) is 12.1. The number of nitrogen functional groups attached to an aromatic ring is 1. The largest absolute Gasteiger partial charge is 0.461 e. The molecule has 5 aliphatic rings. The Labute approximate surface area is 307 Å².